The standard InChI is InChI=1S/C20H40O4Si/c1-7-9-11-13-15-25(16-14-12-10-8-2,19(21)23-17(3)4)20(22)24-18(5)6/h17-18H,7-16H2,1-6H3. The molecule has 0 rings (SSSR count). The lowest BCUT2D eigenvalue weighted by molar-refractivity contribution is 0.128. The summed E-state index contributed by atoms with van der Waals surface area (Å²) in [5.41, 5.74) is -0.526. The minimum atomic E-state index is -2.95. The van der Waals surface area contributed by atoms with Crippen LogP contribution in [0.5, 0.6) is 0 Å². The van der Waals surface area contributed by atoms with Gasteiger partial charge >= 0.3 is 8.07 Å². The molecule has 0 saturated heterocycles. The van der Waals surface area contributed by atoms with Gasteiger partial charge in [0.25, 0.3) is 11.2 Å². The van der Waals surface area contributed by atoms with Crippen LogP contribution in [0.4, 0.5) is 9.59 Å². The van der Waals surface area contributed by atoms with Crippen LogP contribution >= 0.6 is 0 Å². The van der Waals surface area contributed by atoms with E-state index in [0.29, 0.717) is 12.1 Å². The summed E-state index contributed by atoms with van der Waals surface area (Å²) in [5, 5.41) is 0. The number of carbonyl (C=O) groups is 2. The molecule has 0 spiro atoms. The summed E-state index contributed by atoms with van der Waals surface area (Å²) >= 11 is 0. The maximum Gasteiger partial charge on any atom is 0.311 e. The van der Waals surface area contributed by atoms with Crippen LogP contribution in [0.3, 0.4) is 0 Å². The fourth-order valence-corrected chi connectivity index (χ4v) is 6.84. The van der Waals surface area contributed by atoms with Crippen LogP contribution in [-0.2, 0) is 9.47 Å². The third-order valence-electron chi connectivity index (χ3n) is 4.38. The smallest absolute Gasteiger partial charge is 0.311 e. The van der Waals surface area contributed by atoms with E-state index in [9.17, 15) is 9.59 Å². The van der Waals surface area contributed by atoms with Gasteiger partial charge < -0.3 is 9.47 Å². The van der Waals surface area contributed by atoms with Gasteiger partial charge in [-0.25, -0.2) is 0 Å². The van der Waals surface area contributed by atoms with Gasteiger partial charge in [-0.1, -0.05) is 65.2 Å². The van der Waals surface area contributed by atoms with Crippen molar-refractivity contribution in [1.82, 2.24) is 0 Å². The molecule has 0 N–H and O–H groups in total. The fraction of sp³-hybridized carbons (Fsp3) is 0.900. The molecule has 0 saturated carbocycles. The second-order valence-corrected chi connectivity index (χ2v) is 11.6. The van der Waals surface area contributed by atoms with Gasteiger partial charge in [-0.15, -0.1) is 0 Å². The SMILES string of the molecule is CCCCCC[Si](CCCCCC)(C(=O)OC(C)C)C(=O)OC(C)C. The Morgan fingerprint density at radius 2 is 1.04 bits per heavy atom. The minimum absolute atomic E-state index is 0.197. The quantitative estimate of drug-likeness (QED) is 0.247. The molecule has 0 unspecified atom stereocenters. The normalized spacial score (nSPS) is 11.8. The van der Waals surface area contributed by atoms with Crippen molar-refractivity contribution in [2.24, 2.45) is 0 Å². The zero-order chi connectivity index (χ0) is 19.3. The van der Waals surface area contributed by atoms with Gasteiger partial charge in [-0.05, 0) is 39.8 Å². The molecule has 148 valence electrons. The molecule has 0 amide bonds. The highest BCUT2D eigenvalue weighted by Crippen LogP contribution is 2.29. The van der Waals surface area contributed by atoms with E-state index in [1.165, 1.54) is 0 Å². The number of rotatable bonds is 14. The van der Waals surface area contributed by atoms with Crippen molar-refractivity contribution in [1.29, 1.82) is 0 Å². The van der Waals surface area contributed by atoms with E-state index < -0.39 is 8.07 Å². The molecule has 5 heteroatoms. The van der Waals surface area contributed by atoms with Gasteiger partial charge in [0, 0.05) is 0 Å². The van der Waals surface area contributed by atoms with E-state index >= 15 is 0 Å². The molecule has 0 aliphatic carbocycles. The Kier molecular flexibility index (Phi) is 12.9. The predicted molar refractivity (Wildman–Crippen MR) is 107 cm³/mol. The molecule has 0 heterocycles. The van der Waals surface area contributed by atoms with E-state index in [1.807, 2.05) is 27.7 Å². The summed E-state index contributed by atoms with van der Waals surface area (Å²) in [6.07, 6.45) is 8.10. The molecule has 0 radical (unpaired) electrons. The molecule has 0 bridgehead atoms. The molecule has 4 nitrogen and oxygen atoms in total. The van der Waals surface area contributed by atoms with Crippen LogP contribution in [0.2, 0.25) is 12.1 Å². The van der Waals surface area contributed by atoms with Crippen LogP contribution in [0.1, 0.15) is 92.9 Å². The van der Waals surface area contributed by atoms with E-state index in [0.717, 1.165) is 51.4 Å². The van der Waals surface area contributed by atoms with Crippen molar-refractivity contribution in [3.05, 3.63) is 0 Å². The largest absolute Gasteiger partial charge is 0.467 e. The van der Waals surface area contributed by atoms with Crippen LogP contribution in [0.25, 0.3) is 0 Å². The minimum Gasteiger partial charge on any atom is -0.467 e. The van der Waals surface area contributed by atoms with Gasteiger partial charge in [-0.3, -0.25) is 9.59 Å². The molecule has 0 aromatic rings. The lowest BCUT2D eigenvalue weighted by Crippen LogP contribution is -2.54. The summed E-state index contributed by atoms with van der Waals surface area (Å²) < 4.78 is 11.1. The fourth-order valence-electron chi connectivity index (χ4n) is 2.98. The molecule has 0 aliphatic heterocycles. The first-order valence-electron chi connectivity index (χ1n) is 10.2. The average molecular weight is 373 g/mol. The maximum atomic E-state index is 13.0. The molecule has 0 atom stereocenters. The second kappa shape index (κ2) is 13.4. The molecule has 0 aromatic heterocycles. The average Bonchev–Trinajstić information content (AvgIpc) is 2.52. The summed E-state index contributed by atoms with van der Waals surface area (Å²) in [7, 11) is -2.95. The van der Waals surface area contributed by atoms with Crippen molar-refractivity contribution in [2.45, 2.75) is 117 Å². The first kappa shape index (κ1) is 24.2. The van der Waals surface area contributed by atoms with Gasteiger partial charge in [-0.2, -0.15) is 0 Å². The third-order valence-corrected chi connectivity index (χ3v) is 8.59. The molecular formula is C20H40O4Si. The van der Waals surface area contributed by atoms with E-state index in [-0.39, 0.29) is 23.4 Å². The third kappa shape index (κ3) is 9.43. The van der Waals surface area contributed by atoms with Crippen LogP contribution in [0, 0.1) is 0 Å². The lowest BCUT2D eigenvalue weighted by atomic mass is 10.2. The van der Waals surface area contributed by atoms with Gasteiger partial charge in [0.1, 0.15) is 0 Å². The van der Waals surface area contributed by atoms with E-state index in [4.69, 9.17) is 9.47 Å². The van der Waals surface area contributed by atoms with E-state index in [1.54, 1.807) is 0 Å². The van der Waals surface area contributed by atoms with Gasteiger partial charge in [0.05, 0.1) is 12.2 Å². The maximum absolute atomic E-state index is 13.0. The van der Waals surface area contributed by atoms with Crippen molar-refractivity contribution >= 4 is 19.3 Å². The first-order chi connectivity index (χ1) is 11.8. The van der Waals surface area contributed by atoms with Crippen molar-refractivity contribution < 1.29 is 19.1 Å². The number of hydrogen-bond donors (Lipinski definition) is 0. The predicted octanol–water partition coefficient (Wildman–Crippen LogP) is 6.85. The monoisotopic (exact) mass is 372 g/mol. The lowest BCUT2D eigenvalue weighted by Gasteiger charge is -2.29. The summed E-state index contributed by atoms with van der Waals surface area (Å²) in [6.45, 7) is 11.7. The zero-order valence-corrected chi connectivity index (χ0v) is 18.4. The summed E-state index contributed by atoms with van der Waals surface area (Å²) in [5.74, 6) is 0. The Bertz CT molecular complexity index is 344. The first-order valence-corrected chi connectivity index (χ1v) is 12.6. The Labute approximate surface area is 156 Å². The Hall–Kier alpha value is -0.843. The number of hydrogen-bond acceptors (Lipinski definition) is 4. The molecule has 0 aliphatic rings. The van der Waals surface area contributed by atoms with E-state index in [2.05, 4.69) is 13.8 Å². The highest BCUT2D eigenvalue weighted by atomic mass is 28.3. The molecule has 0 aromatic carbocycles. The van der Waals surface area contributed by atoms with Gasteiger partial charge in [0.2, 0.25) is 0 Å². The highest BCUT2D eigenvalue weighted by molar-refractivity contribution is 7.23. The van der Waals surface area contributed by atoms with Crippen molar-refractivity contribution in [2.75, 3.05) is 0 Å². The van der Waals surface area contributed by atoms with Crippen molar-refractivity contribution in [3.8, 4) is 0 Å². The van der Waals surface area contributed by atoms with Crippen LogP contribution in [-0.4, -0.2) is 31.5 Å². The number of carbonyl (C=O) groups excluding carboxylic acids is 2. The van der Waals surface area contributed by atoms with Crippen LogP contribution < -0.4 is 0 Å². The number of ether oxygens (including phenoxy) is 2. The summed E-state index contributed by atoms with van der Waals surface area (Å²) in [4.78, 5) is 25.9. The Morgan fingerprint density at radius 3 is 1.32 bits per heavy atom. The Morgan fingerprint density at radius 1 is 0.680 bits per heavy atom. The molecular weight excluding hydrogens is 332 g/mol. The zero-order valence-electron chi connectivity index (χ0n) is 17.4. The molecule has 0 fully saturated rings. The van der Waals surface area contributed by atoms with Gasteiger partial charge in [0.15, 0.2) is 0 Å². The second-order valence-electron chi connectivity index (χ2n) is 7.61. The summed E-state index contributed by atoms with van der Waals surface area (Å²) in [6, 6.07) is 1.33. The number of unbranched alkanes of at least 4 members (excludes halogenated alkanes) is 6. The Balaban J connectivity index is 5.34. The molecule has 25 heavy (non-hydrogen) atoms. The van der Waals surface area contributed by atoms with Crippen molar-refractivity contribution in [3.63, 3.8) is 0 Å². The highest BCUT2D eigenvalue weighted by Gasteiger charge is 2.52. The topological polar surface area (TPSA) is 52.6 Å². The van der Waals surface area contributed by atoms with Crippen LogP contribution in [0.15, 0.2) is 0 Å².